The van der Waals surface area contributed by atoms with Gasteiger partial charge in [0.2, 0.25) is 0 Å². The molecule has 0 saturated carbocycles. The van der Waals surface area contributed by atoms with Crippen molar-refractivity contribution in [2.45, 2.75) is 78.2 Å². The van der Waals surface area contributed by atoms with Gasteiger partial charge in [0, 0.05) is 51.3 Å². The van der Waals surface area contributed by atoms with Crippen LogP contribution in [0, 0.1) is 0 Å². The SMILES string of the molecule is CC(=O)OC(CNC(C)(C)C)COc1cccc2c1CC(OC(C)=O)C(OC(C)=O)C2. The van der Waals surface area contributed by atoms with Crippen molar-refractivity contribution in [3.05, 3.63) is 29.3 Å². The summed E-state index contributed by atoms with van der Waals surface area (Å²) >= 11 is 0. The predicted molar refractivity (Wildman–Crippen MR) is 114 cm³/mol. The molecule has 0 heterocycles. The Hall–Kier alpha value is -2.61. The summed E-state index contributed by atoms with van der Waals surface area (Å²) in [6, 6.07) is 5.63. The average Bonchev–Trinajstić information content (AvgIpc) is 2.62. The third-order valence-electron chi connectivity index (χ3n) is 4.72. The lowest BCUT2D eigenvalue weighted by atomic mass is 9.87. The summed E-state index contributed by atoms with van der Waals surface area (Å²) in [5.74, 6) is -0.608. The summed E-state index contributed by atoms with van der Waals surface area (Å²) in [5.41, 5.74) is 1.72. The van der Waals surface area contributed by atoms with Crippen molar-refractivity contribution >= 4 is 17.9 Å². The molecule has 0 radical (unpaired) electrons. The molecule has 0 saturated heterocycles. The zero-order chi connectivity index (χ0) is 23.2. The second-order valence-corrected chi connectivity index (χ2v) is 8.77. The second-order valence-electron chi connectivity index (χ2n) is 8.77. The summed E-state index contributed by atoms with van der Waals surface area (Å²) in [6.45, 7) is 10.7. The van der Waals surface area contributed by atoms with Gasteiger partial charge in [0.1, 0.15) is 30.7 Å². The van der Waals surface area contributed by atoms with E-state index in [0.29, 0.717) is 25.1 Å². The number of carbonyl (C=O) groups is 3. The molecule has 8 heteroatoms. The first-order valence-corrected chi connectivity index (χ1v) is 10.4. The van der Waals surface area contributed by atoms with E-state index in [4.69, 9.17) is 18.9 Å². The number of ether oxygens (including phenoxy) is 4. The summed E-state index contributed by atoms with van der Waals surface area (Å²) in [5, 5.41) is 3.32. The van der Waals surface area contributed by atoms with Gasteiger partial charge in [0.15, 0.2) is 0 Å². The van der Waals surface area contributed by atoms with Crippen molar-refractivity contribution in [2.75, 3.05) is 13.2 Å². The van der Waals surface area contributed by atoms with Gasteiger partial charge in [-0.05, 0) is 32.4 Å². The van der Waals surface area contributed by atoms with E-state index in [1.807, 2.05) is 39.0 Å². The molecule has 1 aliphatic carbocycles. The molecular formula is C23H33NO7. The summed E-state index contributed by atoms with van der Waals surface area (Å²) < 4.78 is 22.2. The Kier molecular flexibility index (Phi) is 8.44. The topological polar surface area (TPSA) is 100 Å². The molecule has 0 spiro atoms. The smallest absolute Gasteiger partial charge is 0.303 e. The lowest BCUT2D eigenvalue weighted by Crippen LogP contribution is -2.44. The van der Waals surface area contributed by atoms with E-state index in [2.05, 4.69) is 5.32 Å². The van der Waals surface area contributed by atoms with E-state index in [9.17, 15) is 14.4 Å². The highest BCUT2D eigenvalue weighted by Crippen LogP contribution is 2.32. The number of hydrogen-bond acceptors (Lipinski definition) is 8. The monoisotopic (exact) mass is 435 g/mol. The molecule has 172 valence electrons. The first kappa shape index (κ1) is 24.7. The van der Waals surface area contributed by atoms with Gasteiger partial charge in [0.25, 0.3) is 0 Å². The molecule has 8 nitrogen and oxygen atoms in total. The van der Waals surface area contributed by atoms with Crippen molar-refractivity contribution in [3.8, 4) is 5.75 Å². The molecule has 2 rings (SSSR count). The molecule has 3 atom stereocenters. The van der Waals surface area contributed by atoms with Gasteiger partial charge < -0.3 is 24.3 Å². The maximum Gasteiger partial charge on any atom is 0.303 e. The normalized spacial score (nSPS) is 19.0. The van der Waals surface area contributed by atoms with Gasteiger partial charge >= 0.3 is 17.9 Å². The van der Waals surface area contributed by atoms with Crippen molar-refractivity contribution in [1.29, 1.82) is 0 Å². The molecule has 0 bridgehead atoms. The predicted octanol–water partition coefficient (Wildman–Crippen LogP) is 2.35. The Morgan fingerprint density at radius 2 is 1.61 bits per heavy atom. The maximum atomic E-state index is 11.6. The van der Waals surface area contributed by atoms with E-state index in [1.165, 1.54) is 20.8 Å². The van der Waals surface area contributed by atoms with Crippen LogP contribution in [0.15, 0.2) is 18.2 Å². The van der Waals surface area contributed by atoms with Gasteiger partial charge in [-0.15, -0.1) is 0 Å². The molecule has 0 aliphatic heterocycles. The summed E-state index contributed by atoms with van der Waals surface area (Å²) in [4.78, 5) is 34.5. The Balaban J connectivity index is 2.17. The highest BCUT2D eigenvalue weighted by Gasteiger charge is 2.35. The van der Waals surface area contributed by atoms with Gasteiger partial charge in [-0.3, -0.25) is 14.4 Å². The minimum Gasteiger partial charge on any atom is -0.489 e. The first-order chi connectivity index (χ1) is 14.4. The van der Waals surface area contributed by atoms with Crippen molar-refractivity contribution in [3.63, 3.8) is 0 Å². The van der Waals surface area contributed by atoms with Crippen LogP contribution in [0.25, 0.3) is 0 Å². The Labute approximate surface area is 183 Å². The van der Waals surface area contributed by atoms with Gasteiger partial charge in [-0.25, -0.2) is 0 Å². The number of esters is 3. The zero-order valence-electron chi connectivity index (χ0n) is 19.2. The maximum absolute atomic E-state index is 11.6. The number of fused-ring (bicyclic) bond motifs is 1. The van der Waals surface area contributed by atoms with Crippen LogP contribution in [0.1, 0.15) is 52.7 Å². The van der Waals surface area contributed by atoms with Crippen molar-refractivity contribution in [1.82, 2.24) is 5.32 Å². The molecule has 3 unspecified atom stereocenters. The van der Waals surface area contributed by atoms with Crippen LogP contribution in [0.5, 0.6) is 5.75 Å². The number of hydrogen-bond donors (Lipinski definition) is 1. The number of benzene rings is 1. The lowest BCUT2D eigenvalue weighted by molar-refractivity contribution is -0.166. The quantitative estimate of drug-likeness (QED) is 0.491. The minimum atomic E-state index is -0.592. The van der Waals surface area contributed by atoms with E-state index >= 15 is 0 Å². The Morgan fingerprint density at radius 1 is 1.00 bits per heavy atom. The molecule has 1 aromatic carbocycles. The van der Waals surface area contributed by atoms with E-state index < -0.39 is 30.3 Å². The van der Waals surface area contributed by atoms with E-state index in [0.717, 1.165) is 11.1 Å². The van der Waals surface area contributed by atoms with Crippen molar-refractivity contribution < 1.29 is 33.3 Å². The highest BCUT2D eigenvalue weighted by atomic mass is 16.6. The summed E-state index contributed by atoms with van der Waals surface area (Å²) in [6.07, 6.45) is -0.821. The van der Waals surface area contributed by atoms with Crippen LogP contribution >= 0.6 is 0 Å². The standard InChI is InChI=1S/C23H33NO7/c1-14(25)29-18(12-24-23(4,5)6)13-28-20-9-7-8-17-10-21(30-15(2)26)22(11-19(17)20)31-16(3)27/h7-9,18,21-22,24H,10-13H2,1-6H3. The number of nitrogens with one attached hydrogen (secondary N) is 1. The van der Waals surface area contributed by atoms with Crippen LogP contribution in [-0.4, -0.2) is 54.9 Å². The largest absolute Gasteiger partial charge is 0.489 e. The molecule has 0 aromatic heterocycles. The van der Waals surface area contributed by atoms with Crippen LogP contribution in [0.3, 0.4) is 0 Å². The Morgan fingerprint density at radius 3 is 2.16 bits per heavy atom. The van der Waals surface area contributed by atoms with Crippen LogP contribution < -0.4 is 10.1 Å². The second kappa shape index (κ2) is 10.6. The van der Waals surface area contributed by atoms with Crippen molar-refractivity contribution in [2.24, 2.45) is 0 Å². The average molecular weight is 436 g/mol. The van der Waals surface area contributed by atoms with E-state index in [1.54, 1.807) is 0 Å². The molecule has 1 aliphatic rings. The van der Waals surface area contributed by atoms with Crippen LogP contribution in [0.4, 0.5) is 0 Å². The fourth-order valence-electron chi connectivity index (χ4n) is 3.48. The third-order valence-corrected chi connectivity index (χ3v) is 4.72. The Bertz CT molecular complexity index is 800. The van der Waals surface area contributed by atoms with Gasteiger partial charge in [-0.2, -0.15) is 0 Å². The number of rotatable bonds is 8. The first-order valence-electron chi connectivity index (χ1n) is 10.4. The van der Waals surface area contributed by atoms with Crippen LogP contribution in [-0.2, 0) is 41.4 Å². The third kappa shape index (κ3) is 8.20. The number of carbonyl (C=O) groups excluding carboxylic acids is 3. The molecular weight excluding hydrogens is 402 g/mol. The molecule has 1 aromatic rings. The fourth-order valence-corrected chi connectivity index (χ4v) is 3.48. The van der Waals surface area contributed by atoms with Gasteiger partial charge in [-0.1, -0.05) is 12.1 Å². The van der Waals surface area contributed by atoms with Gasteiger partial charge in [0.05, 0.1) is 0 Å². The molecule has 31 heavy (non-hydrogen) atoms. The molecule has 1 N–H and O–H groups in total. The molecule has 0 amide bonds. The fraction of sp³-hybridized carbons (Fsp3) is 0.609. The lowest BCUT2D eigenvalue weighted by Gasteiger charge is -2.33. The van der Waals surface area contributed by atoms with Crippen LogP contribution in [0.2, 0.25) is 0 Å². The minimum absolute atomic E-state index is 0.132. The summed E-state index contributed by atoms with van der Waals surface area (Å²) in [7, 11) is 0. The zero-order valence-corrected chi connectivity index (χ0v) is 19.2. The highest BCUT2D eigenvalue weighted by molar-refractivity contribution is 5.68. The van der Waals surface area contributed by atoms with E-state index in [-0.39, 0.29) is 18.1 Å². The molecule has 0 fully saturated rings.